The van der Waals surface area contributed by atoms with Crippen LogP contribution in [-0.2, 0) is 10.0 Å². The van der Waals surface area contributed by atoms with Crippen molar-refractivity contribution in [1.82, 2.24) is 14.3 Å². The number of nitrogens with zero attached hydrogens (tertiary/aromatic N) is 3. The first-order chi connectivity index (χ1) is 9.90. The lowest BCUT2D eigenvalue weighted by Gasteiger charge is -2.31. The van der Waals surface area contributed by atoms with Gasteiger partial charge in [0.15, 0.2) is 0 Å². The van der Waals surface area contributed by atoms with Gasteiger partial charge in [0, 0.05) is 17.9 Å². The predicted molar refractivity (Wildman–Crippen MR) is 80.8 cm³/mol. The number of sulfonamides is 1. The molecule has 6 nitrogen and oxygen atoms in total. The molecule has 1 aliphatic heterocycles. The molecule has 0 radical (unpaired) electrons. The molecule has 1 unspecified atom stereocenters. The van der Waals surface area contributed by atoms with Crippen molar-refractivity contribution in [3.63, 3.8) is 0 Å². The van der Waals surface area contributed by atoms with Crippen molar-refractivity contribution in [2.45, 2.75) is 46.1 Å². The van der Waals surface area contributed by atoms with Gasteiger partial charge < -0.3 is 4.74 Å². The number of aryl methyl sites for hydroxylation is 2. The van der Waals surface area contributed by atoms with E-state index in [9.17, 15) is 8.42 Å². The van der Waals surface area contributed by atoms with Crippen LogP contribution in [-0.4, -0.2) is 47.6 Å². The molecule has 0 saturated carbocycles. The van der Waals surface area contributed by atoms with Crippen LogP contribution in [0.25, 0.3) is 0 Å². The number of hydrogen-bond donors (Lipinski definition) is 0. The summed E-state index contributed by atoms with van der Waals surface area (Å²) in [5, 5.41) is 0. The van der Waals surface area contributed by atoms with E-state index in [0.717, 1.165) is 24.2 Å². The third-order valence-corrected chi connectivity index (χ3v) is 5.47. The van der Waals surface area contributed by atoms with Gasteiger partial charge in [-0.05, 0) is 39.2 Å². The molecule has 1 aromatic heterocycles. The molecule has 0 N–H and O–H groups in total. The van der Waals surface area contributed by atoms with Gasteiger partial charge in [-0.15, -0.1) is 0 Å². The van der Waals surface area contributed by atoms with Crippen molar-refractivity contribution in [3.05, 3.63) is 17.5 Å². The third-order valence-electron chi connectivity index (χ3n) is 3.43. The van der Waals surface area contributed by atoms with Gasteiger partial charge >= 0.3 is 6.01 Å². The fourth-order valence-electron chi connectivity index (χ4n) is 2.54. The molecule has 1 aliphatic rings. The fourth-order valence-corrected chi connectivity index (χ4v) is 4.11. The Balaban J connectivity index is 2.04. The molecule has 1 fully saturated rings. The fraction of sp³-hybridized carbons (Fsp3) is 0.714. The van der Waals surface area contributed by atoms with Crippen molar-refractivity contribution in [3.8, 4) is 6.01 Å². The maximum Gasteiger partial charge on any atom is 0.317 e. The minimum Gasteiger partial charge on any atom is -0.459 e. The van der Waals surface area contributed by atoms with E-state index in [1.807, 2.05) is 26.8 Å². The highest BCUT2D eigenvalue weighted by atomic mass is 32.2. The molecule has 0 aromatic carbocycles. The first-order valence-electron chi connectivity index (χ1n) is 7.37. The first kappa shape index (κ1) is 16.2. The summed E-state index contributed by atoms with van der Waals surface area (Å²) in [6, 6.07) is 2.22. The molecule has 1 saturated heterocycles. The molecule has 21 heavy (non-hydrogen) atoms. The Morgan fingerprint density at radius 2 is 2.00 bits per heavy atom. The molecule has 2 rings (SSSR count). The summed E-state index contributed by atoms with van der Waals surface area (Å²) in [6.07, 6.45) is 2.09. The quantitative estimate of drug-likeness (QED) is 0.827. The molecular weight excluding hydrogens is 290 g/mol. The van der Waals surface area contributed by atoms with E-state index >= 15 is 0 Å². The molecule has 1 atom stereocenters. The van der Waals surface area contributed by atoms with Crippen molar-refractivity contribution < 1.29 is 13.2 Å². The van der Waals surface area contributed by atoms with Crippen LogP contribution in [0.2, 0.25) is 0 Å². The molecule has 2 heterocycles. The van der Waals surface area contributed by atoms with E-state index in [-0.39, 0.29) is 11.9 Å². The van der Waals surface area contributed by atoms with Gasteiger partial charge in [0.05, 0.1) is 12.3 Å². The standard InChI is InChI=1S/C14H23N3O3S/c1-4-8-21(18,19)17-7-5-6-13(10-17)20-14-15-11(2)9-12(3)16-14/h9,13H,4-8,10H2,1-3H3. The van der Waals surface area contributed by atoms with Crippen molar-refractivity contribution in [1.29, 1.82) is 0 Å². The van der Waals surface area contributed by atoms with Gasteiger partial charge in [-0.3, -0.25) is 0 Å². The number of aromatic nitrogens is 2. The highest BCUT2D eigenvalue weighted by Crippen LogP contribution is 2.19. The van der Waals surface area contributed by atoms with E-state index in [2.05, 4.69) is 9.97 Å². The summed E-state index contributed by atoms with van der Waals surface area (Å²) in [7, 11) is -3.16. The Labute approximate surface area is 126 Å². The average Bonchev–Trinajstić information content (AvgIpc) is 2.37. The van der Waals surface area contributed by atoms with Gasteiger partial charge in [0.2, 0.25) is 10.0 Å². The summed E-state index contributed by atoms with van der Waals surface area (Å²) in [6.45, 7) is 6.62. The highest BCUT2D eigenvalue weighted by molar-refractivity contribution is 7.89. The van der Waals surface area contributed by atoms with Gasteiger partial charge in [0.1, 0.15) is 6.10 Å². The van der Waals surface area contributed by atoms with E-state index < -0.39 is 10.0 Å². The molecule has 118 valence electrons. The summed E-state index contributed by atoms with van der Waals surface area (Å²) in [4.78, 5) is 8.50. The van der Waals surface area contributed by atoms with Gasteiger partial charge in [0.25, 0.3) is 0 Å². The summed E-state index contributed by atoms with van der Waals surface area (Å²) < 4.78 is 31.6. The van der Waals surface area contributed by atoms with E-state index in [1.54, 1.807) is 0 Å². The van der Waals surface area contributed by atoms with Crippen LogP contribution < -0.4 is 4.74 Å². The number of ether oxygens (including phenoxy) is 1. The second-order valence-corrected chi connectivity index (χ2v) is 7.58. The maximum atomic E-state index is 12.1. The zero-order valence-electron chi connectivity index (χ0n) is 12.9. The van der Waals surface area contributed by atoms with Crippen LogP contribution in [0.15, 0.2) is 6.07 Å². The first-order valence-corrected chi connectivity index (χ1v) is 8.98. The molecule has 1 aromatic rings. The maximum absolute atomic E-state index is 12.1. The minimum absolute atomic E-state index is 0.174. The van der Waals surface area contributed by atoms with Crippen LogP contribution in [0.1, 0.15) is 37.6 Å². The normalized spacial score (nSPS) is 20.4. The van der Waals surface area contributed by atoms with E-state index in [4.69, 9.17) is 4.74 Å². The number of rotatable bonds is 5. The average molecular weight is 313 g/mol. The van der Waals surface area contributed by atoms with Gasteiger partial charge in [-0.25, -0.2) is 18.4 Å². The van der Waals surface area contributed by atoms with Crippen LogP contribution in [0.4, 0.5) is 0 Å². The van der Waals surface area contributed by atoms with Crippen LogP contribution in [0.5, 0.6) is 6.01 Å². The molecule has 0 bridgehead atoms. The monoisotopic (exact) mass is 313 g/mol. The second kappa shape index (κ2) is 6.70. The zero-order chi connectivity index (χ0) is 15.5. The van der Waals surface area contributed by atoms with Crippen molar-refractivity contribution in [2.24, 2.45) is 0 Å². The van der Waals surface area contributed by atoms with E-state index in [0.29, 0.717) is 25.5 Å². The number of piperidine rings is 1. The topological polar surface area (TPSA) is 72.4 Å². The molecule has 7 heteroatoms. The van der Waals surface area contributed by atoms with Crippen molar-refractivity contribution in [2.75, 3.05) is 18.8 Å². The zero-order valence-corrected chi connectivity index (χ0v) is 13.7. The van der Waals surface area contributed by atoms with Crippen LogP contribution in [0, 0.1) is 13.8 Å². The SMILES string of the molecule is CCCS(=O)(=O)N1CCCC(Oc2nc(C)cc(C)n2)C1. The molecule has 0 aliphatic carbocycles. The predicted octanol–water partition coefficient (Wildman–Crippen LogP) is 1.68. The lowest BCUT2D eigenvalue weighted by atomic mass is 10.1. The van der Waals surface area contributed by atoms with Gasteiger partial charge in [-0.2, -0.15) is 4.31 Å². The summed E-state index contributed by atoms with van der Waals surface area (Å²) in [5.41, 5.74) is 1.70. The number of hydrogen-bond acceptors (Lipinski definition) is 5. The lowest BCUT2D eigenvalue weighted by Crippen LogP contribution is -2.45. The van der Waals surface area contributed by atoms with Crippen LogP contribution >= 0.6 is 0 Å². The molecular formula is C14H23N3O3S. The third kappa shape index (κ3) is 4.38. The van der Waals surface area contributed by atoms with Crippen molar-refractivity contribution >= 4 is 10.0 Å². The molecule has 0 amide bonds. The Morgan fingerprint density at radius 1 is 1.33 bits per heavy atom. The smallest absolute Gasteiger partial charge is 0.317 e. The highest BCUT2D eigenvalue weighted by Gasteiger charge is 2.29. The Kier molecular flexibility index (Phi) is 5.16. The largest absolute Gasteiger partial charge is 0.459 e. The second-order valence-electron chi connectivity index (χ2n) is 5.49. The van der Waals surface area contributed by atoms with Gasteiger partial charge in [-0.1, -0.05) is 6.92 Å². The summed E-state index contributed by atoms with van der Waals surface area (Å²) in [5.74, 6) is 0.194. The van der Waals surface area contributed by atoms with E-state index in [1.165, 1.54) is 4.31 Å². The Bertz CT molecular complexity index is 569. The molecule has 0 spiro atoms. The summed E-state index contributed by atoms with van der Waals surface area (Å²) >= 11 is 0. The lowest BCUT2D eigenvalue weighted by molar-refractivity contribution is 0.119. The Morgan fingerprint density at radius 3 is 2.62 bits per heavy atom. The minimum atomic E-state index is -3.16. The van der Waals surface area contributed by atoms with Crippen LogP contribution in [0.3, 0.4) is 0 Å². The Hall–Kier alpha value is -1.21.